The van der Waals surface area contributed by atoms with Crippen molar-refractivity contribution < 1.29 is 14.7 Å². The first-order valence-corrected chi connectivity index (χ1v) is 13.6. The van der Waals surface area contributed by atoms with Crippen LogP contribution in [0.1, 0.15) is 44.9 Å². The second kappa shape index (κ2) is 11.5. The van der Waals surface area contributed by atoms with Gasteiger partial charge < -0.3 is 5.11 Å². The molecule has 2 atom stereocenters. The molecule has 2 unspecified atom stereocenters. The predicted molar refractivity (Wildman–Crippen MR) is 140 cm³/mol. The highest BCUT2D eigenvalue weighted by Crippen LogP contribution is 2.41. The average Bonchev–Trinajstić information content (AvgIpc) is 3.52. The molecule has 0 aliphatic carbocycles. The topological polar surface area (TPSA) is 92.6 Å². The van der Waals surface area contributed by atoms with Gasteiger partial charge in [0.25, 0.3) is 5.91 Å². The molecule has 2 aliphatic rings. The number of amides is 3. The van der Waals surface area contributed by atoms with Crippen LogP contribution in [0.25, 0.3) is 0 Å². The van der Waals surface area contributed by atoms with Crippen molar-refractivity contribution in [1.29, 1.82) is 0 Å². The Bertz CT molecular complexity index is 1060. The highest BCUT2D eigenvalue weighted by molar-refractivity contribution is 7.03. The third-order valence-corrected chi connectivity index (χ3v) is 7.58. The number of carbonyl (C=O) groups excluding carboxylic acids is 2. The molecule has 1 aromatic carbocycles. The van der Waals surface area contributed by atoms with E-state index in [1.165, 1.54) is 16.4 Å². The van der Waals surface area contributed by atoms with Gasteiger partial charge in [-0.25, -0.2) is 14.8 Å². The van der Waals surface area contributed by atoms with Gasteiger partial charge in [0.05, 0.1) is 12.3 Å². The molecular weight excluding hydrogens is 476 g/mol. The fourth-order valence-corrected chi connectivity index (χ4v) is 5.84. The van der Waals surface area contributed by atoms with E-state index in [1.807, 2.05) is 72.6 Å². The molecule has 0 spiro atoms. The summed E-state index contributed by atoms with van der Waals surface area (Å²) in [7, 11) is 0. The molecule has 0 saturated carbocycles. The minimum atomic E-state index is -1.03. The summed E-state index contributed by atoms with van der Waals surface area (Å²) in [5.74, 6) is 0.512. The Morgan fingerprint density at radius 3 is 2.50 bits per heavy atom. The lowest BCUT2D eigenvalue weighted by Crippen LogP contribution is -2.74. The third-order valence-electron chi connectivity index (χ3n) is 6.98. The minimum Gasteiger partial charge on any atom is -0.395 e. The summed E-state index contributed by atoms with van der Waals surface area (Å²) in [5.41, 5.74) is 0.972. The second-order valence-electron chi connectivity index (χ2n) is 9.10. The summed E-state index contributed by atoms with van der Waals surface area (Å²) in [5, 5.41) is 15.7. The minimum absolute atomic E-state index is 0.0475. The number of hydrogen-bond donors (Lipinski definition) is 1. The third kappa shape index (κ3) is 4.77. The number of likely N-dealkylation sites (N-methyl/N-ethyl adjacent to an activating group) is 1. The molecule has 0 radical (unpaired) electrons. The Hall–Kier alpha value is -2.82. The number of urea groups is 1. The molecule has 10 heteroatoms. The Morgan fingerprint density at radius 2 is 1.89 bits per heavy atom. The first kappa shape index (κ1) is 26.2. The predicted octanol–water partition coefficient (Wildman–Crippen LogP) is 3.02. The molecule has 0 bridgehead atoms. The van der Waals surface area contributed by atoms with Crippen molar-refractivity contribution in [3.05, 3.63) is 53.0 Å². The van der Waals surface area contributed by atoms with Gasteiger partial charge in [0.15, 0.2) is 11.7 Å². The number of hydrogen-bond acceptors (Lipinski definition) is 8. The van der Waals surface area contributed by atoms with Gasteiger partial charge in [0.2, 0.25) is 0 Å². The van der Waals surface area contributed by atoms with Crippen LogP contribution < -0.4 is 0 Å². The van der Waals surface area contributed by atoms with Gasteiger partial charge in [-0.05, 0) is 36.0 Å². The zero-order valence-electron chi connectivity index (χ0n) is 21.3. The summed E-state index contributed by atoms with van der Waals surface area (Å²) in [6.45, 7) is 7.66. The fraction of sp³-hybridized carbons (Fsp3) is 0.538. The molecular formula is C26H36N6O3S. The zero-order chi connectivity index (χ0) is 25.7. The van der Waals surface area contributed by atoms with E-state index in [1.54, 1.807) is 4.90 Å². The Labute approximate surface area is 217 Å². The molecule has 4 rings (SSSR count). The van der Waals surface area contributed by atoms with Crippen molar-refractivity contribution in [2.75, 3.05) is 32.8 Å². The Morgan fingerprint density at radius 1 is 1.11 bits per heavy atom. The number of aliphatic hydroxyl groups excluding tert-OH is 1. The Kier molecular flexibility index (Phi) is 8.38. The largest absolute Gasteiger partial charge is 0.395 e. The quantitative estimate of drug-likeness (QED) is 0.470. The SMILES string of the molecule is CCCN1C(=O)C2N(N(CC)CCO)C(Cc3ccccc3)=NC2(CC)N(CCc2ccsn2)C1=O. The van der Waals surface area contributed by atoms with Gasteiger partial charge in [-0.15, -0.1) is 0 Å². The van der Waals surface area contributed by atoms with E-state index in [0.29, 0.717) is 51.9 Å². The van der Waals surface area contributed by atoms with E-state index < -0.39 is 11.7 Å². The van der Waals surface area contributed by atoms with Gasteiger partial charge in [0, 0.05) is 44.4 Å². The van der Waals surface area contributed by atoms with Gasteiger partial charge in [-0.2, -0.15) is 4.37 Å². The van der Waals surface area contributed by atoms with Crippen LogP contribution in [0.5, 0.6) is 0 Å². The molecule has 3 amide bonds. The lowest BCUT2D eigenvalue weighted by molar-refractivity contribution is -0.151. The summed E-state index contributed by atoms with van der Waals surface area (Å²) in [6.07, 6.45) is 2.29. The molecule has 2 aromatic rings. The number of fused-ring (bicyclic) bond motifs is 1. The molecule has 1 aromatic heterocycles. The molecule has 36 heavy (non-hydrogen) atoms. The van der Waals surface area contributed by atoms with Crippen LogP contribution in [0, 0.1) is 0 Å². The Balaban J connectivity index is 1.82. The number of imide groups is 1. The summed E-state index contributed by atoms with van der Waals surface area (Å²) < 4.78 is 4.42. The highest BCUT2D eigenvalue weighted by Gasteiger charge is 2.62. The summed E-state index contributed by atoms with van der Waals surface area (Å²) >= 11 is 1.39. The first-order valence-electron chi connectivity index (χ1n) is 12.8. The average molecular weight is 513 g/mol. The monoisotopic (exact) mass is 512 g/mol. The van der Waals surface area contributed by atoms with Crippen LogP contribution in [0.3, 0.4) is 0 Å². The summed E-state index contributed by atoms with van der Waals surface area (Å²) in [6, 6.07) is 11.0. The van der Waals surface area contributed by atoms with E-state index >= 15 is 0 Å². The lowest BCUT2D eigenvalue weighted by Gasteiger charge is -2.51. The fourth-order valence-electron chi connectivity index (χ4n) is 5.28. The van der Waals surface area contributed by atoms with Crippen LogP contribution >= 0.6 is 11.5 Å². The van der Waals surface area contributed by atoms with E-state index in [-0.39, 0.29) is 18.5 Å². The number of hydrazine groups is 1. The number of benzene rings is 1. The maximum Gasteiger partial charge on any atom is 0.328 e. The van der Waals surface area contributed by atoms with E-state index in [2.05, 4.69) is 4.37 Å². The van der Waals surface area contributed by atoms with E-state index in [4.69, 9.17) is 4.99 Å². The van der Waals surface area contributed by atoms with Crippen molar-refractivity contribution >= 4 is 29.3 Å². The van der Waals surface area contributed by atoms with Crippen molar-refractivity contribution in [2.24, 2.45) is 4.99 Å². The van der Waals surface area contributed by atoms with Gasteiger partial charge >= 0.3 is 6.03 Å². The van der Waals surface area contributed by atoms with Crippen LogP contribution in [0.2, 0.25) is 0 Å². The normalized spacial score (nSPS) is 22.0. The maximum absolute atomic E-state index is 14.0. The van der Waals surface area contributed by atoms with E-state index in [9.17, 15) is 14.7 Å². The van der Waals surface area contributed by atoms with Crippen molar-refractivity contribution in [3.63, 3.8) is 0 Å². The van der Waals surface area contributed by atoms with Crippen molar-refractivity contribution in [1.82, 2.24) is 24.2 Å². The number of amidine groups is 1. The number of nitrogens with zero attached hydrogens (tertiary/aromatic N) is 6. The molecule has 9 nitrogen and oxygen atoms in total. The molecule has 3 heterocycles. The number of carbonyl (C=O) groups is 2. The number of aromatic nitrogens is 1. The first-order chi connectivity index (χ1) is 17.5. The molecule has 194 valence electrons. The molecule has 1 saturated heterocycles. The van der Waals surface area contributed by atoms with Crippen LogP contribution in [0.15, 0.2) is 46.8 Å². The standard InChI is InChI=1S/C26H36N6O3S/c1-4-14-30-24(34)23-26(5-2,31(25(30)35)15-12-21-13-18-36-28-21)27-22(19-20-10-8-7-9-11-20)32(23)29(6-3)16-17-33/h7-11,13,18,23,33H,4-6,12,14-17,19H2,1-3H3. The number of rotatable bonds is 12. The van der Waals surface area contributed by atoms with Gasteiger partial charge in [-0.1, -0.05) is 51.1 Å². The number of aliphatic hydroxyl groups is 1. The molecule has 1 N–H and O–H groups in total. The van der Waals surface area contributed by atoms with E-state index in [0.717, 1.165) is 17.1 Å². The lowest BCUT2D eigenvalue weighted by atomic mass is 9.91. The smallest absolute Gasteiger partial charge is 0.328 e. The number of aliphatic imine (C=N–C) groups is 1. The van der Waals surface area contributed by atoms with Crippen molar-refractivity contribution in [3.8, 4) is 0 Å². The van der Waals surface area contributed by atoms with Crippen LogP contribution in [0.4, 0.5) is 4.79 Å². The molecule has 2 aliphatic heterocycles. The second-order valence-corrected chi connectivity index (χ2v) is 9.77. The van der Waals surface area contributed by atoms with Gasteiger partial charge in [-0.3, -0.25) is 19.6 Å². The maximum atomic E-state index is 14.0. The zero-order valence-corrected chi connectivity index (χ0v) is 22.2. The van der Waals surface area contributed by atoms with Crippen LogP contribution in [-0.2, 0) is 17.6 Å². The van der Waals surface area contributed by atoms with Crippen LogP contribution in [-0.4, -0.2) is 91.6 Å². The van der Waals surface area contributed by atoms with Crippen molar-refractivity contribution in [2.45, 2.75) is 58.2 Å². The summed E-state index contributed by atoms with van der Waals surface area (Å²) in [4.78, 5) is 36.3. The highest BCUT2D eigenvalue weighted by atomic mass is 32.1. The van der Waals surface area contributed by atoms with Gasteiger partial charge in [0.1, 0.15) is 5.84 Å². The molecule has 1 fully saturated rings.